The van der Waals surface area contributed by atoms with Crippen LogP contribution in [0.3, 0.4) is 0 Å². The molecule has 164 valence electrons. The normalized spacial score (nSPS) is 28.9. The summed E-state index contributed by atoms with van der Waals surface area (Å²) in [5, 5.41) is 5.14. The van der Waals surface area contributed by atoms with Gasteiger partial charge in [-0.1, -0.05) is 12.1 Å². The first-order chi connectivity index (χ1) is 14.6. The van der Waals surface area contributed by atoms with Crippen LogP contribution in [0.2, 0.25) is 0 Å². The van der Waals surface area contributed by atoms with E-state index in [0.717, 1.165) is 37.8 Å². The molecule has 3 aliphatic rings. The molecule has 2 heterocycles. The third-order valence-electron chi connectivity index (χ3n) is 6.59. The molecule has 4 unspecified atom stereocenters. The van der Waals surface area contributed by atoms with Crippen LogP contribution >= 0.6 is 0 Å². The number of carbonyl (C=O) groups is 2. The zero-order valence-electron chi connectivity index (χ0n) is 17.5. The predicted molar refractivity (Wildman–Crippen MR) is 110 cm³/mol. The van der Waals surface area contributed by atoms with Crippen molar-refractivity contribution >= 4 is 11.8 Å². The number of hydrazine groups is 1. The van der Waals surface area contributed by atoms with Gasteiger partial charge in [0.15, 0.2) is 0 Å². The van der Waals surface area contributed by atoms with Crippen molar-refractivity contribution in [1.29, 1.82) is 0 Å². The lowest BCUT2D eigenvalue weighted by atomic mass is 9.78. The Morgan fingerprint density at radius 1 is 1.30 bits per heavy atom. The molecule has 1 aromatic carbocycles. The summed E-state index contributed by atoms with van der Waals surface area (Å²) in [7, 11) is 1.65. The van der Waals surface area contributed by atoms with E-state index >= 15 is 0 Å². The van der Waals surface area contributed by atoms with E-state index in [9.17, 15) is 14.0 Å². The molecule has 4 atom stereocenters. The molecule has 7 nitrogen and oxygen atoms in total. The van der Waals surface area contributed by atoms with Crippen molar-refractivity contribution in [3.8, 4) is 0 Å². The van der Waals surface area contributed by atoms with Crippen LogP contribution in [0, 0.1) is 11.7 Å². The summed E-state index contributed by atoms with van der Waals surface area (Å²) in [6.45, 7) is 2.38. The van der Waals surface area contributed by atoms with Crippen molar-refractivity contribution in [3.05, 3.63) is 35.6 Å². The minimum absolute atomic E-state index is 0.0548. The van der Waals surface area contributed by atoms with Crippen molar-refractivity contribution in [2.75, 3.05) is 26.8 Å². The van der Waals surface area contributed by atoms with E-state index in [1.54, 1.807) is 13.2 Å². The van der Waals surface area contributed by atoms with Gasteiger partial charge in [0.2, 0.25) is 11.8 Å². The maximum absolute atomic E-state index is 13.7. The van der Waals surface area contributed by atoms with Gasteiger partial charge in [0, 0.05) is 51.4 Å². The topological polar surface area (TPSA) is 73.9 Å². The van der Waals surface area contributed by atoms with Gasteiger partial charge in [-0.25, -0.2) is 9.40 Å². The van der Waals surface area contributed by atoms with Gasteiger partial charge in [0.05, 0.1) is 0 Å². The highest BCUT2D eigenvalue weighted by Crippen LogP contribution is 2.38. The molecule has 2 aliphatic heterocycles. The van der Waals surface area contributed by atoms with Crippen molar-refractivity contribution in [3.63, 3.8) is 0 Å². The van der Waals surface area contributed by atoms with Gasteiger partial charge in [-0.3, -0.25) is 15.0 Å². The highest BCUT2D eigenvalue weighted by Gasteiger charge is 2.51. The number of ether oxygens (including phenoxy) is 1. The van der Waals surface area contributed by atoms with Crippen molar-refractivity contribution in [1.82, 2.24) is 20.7 Å². The first-order valence-electron chi connectivity index (χ1n) is 10.9. The van der Waals surface area contributed by atoms with Crippen molar-refractivity contribution < 1.29 is 18.7 Å². The highest BCUT2D eigenvalue weighted by atomic mass is 19.1. The molecule has 1 aromatic rings. The molecule has 0 bridgehead atoms. The molecule has 30 heavy (non-hydrogen) atoms. The van der Waals surface area contributed by atoms with Gasteiger partial charge in [-0.2, -0.15) is 0 Å². The van der Waals surface area contributed by atoms with Crippen molar-refractivity contribution in [2.24, 2.45) is 5.92 Å². The number of methoxy groups -OCH3 is 1. The van der Waals surface area contributed by atoms with Crippen LogP contribution in [0.5, 0.6) is 0 Å². The van der Waals surface area contributed by atoms with Gasteiger partial charge < -0.3 is 15.0 Å². The number of carbonyl (C=O) groups excluding carboxylic acids is 2. The zero-order chi connectivity index (χ0) is 21.1. The minimum atomic E-state index is -0.297. The SMILES string of the molecule is COCCCNC(=O)C1CCC2C(C1)N(Cc1cccc(F)c1)C(=O)C1CCNN12. The second kappa shape index (κ2) is 9.41. The van der Waals surface area contributed by atoms with Crippen LogP contribution in [0.25, 0.3) is 0 Å². The van der Waals surface area contributed by atoms with Crippen molar-refractivity contribution in [2.45, 2.75) is 56.8 Å². The highest BCUT2D eigenvalue weighted by molar-refractivity contribution is 5.84. The summed E-state index contributed by atoms with van der Waals surface area (Å²) in [5.74, 6) is -0.281. The van der Waals surface area contributed by atoms with Crippen LogP contribution in [0.4, 0.5) is 4.39 Å². The first kappa shape index (κ1) is 21.2. The second-order valence-electron chi connectivity index (χ2n) is 8.50. The molecule has 2 saturated heterocycles. The molecule has 4 rings (SSSR count). The van der Waals surface area contributed by atoms with E-state index in [0.29, 0.717) is 26.1 Å². The second-order valence-corrected chi connectivity index (χ2v) is 8.50. The lowest BCUT2D eigenvalue weighted by Gasteiger charge is -2.51. The number of hydrogen-bond acceptors (Lipinski definition) is 5. The predicted octanol–water partition coefficient (Wildman–Crippen LogP) is 1.44. The summed E-state index contributed by atoms with van der Waals surface area (Å²) < 4.78 is 18.8. The molecule has 0 spiro atoms. The summed E-state index contributed by atoms with van der Waals surface area (Å²) in [4.78, 5) is 27.9. The van der Waals surface area contributed by atoms with Crippen LogP contribution in [-0.2, 0) is 20.9 Å². The number of fused-ring (bicyclic) bond motifs is 3. The Morgan fingerprint density at radius 2 is 2.17 bits per heavy atom. The van der Waals surface area contributed by atoms with Crippen LogP contribution in [0.1, 0.15) is 37.7 Å². The number of rotatable bonds is 7. The molecule has 2 amide bonds. The fourth-order valence-corrected chi connectivity index (χ4v) is 5.15. The van der Waals surface area contributed by atoms with E-state index in [2.05, 4.69) is 15.8 Å². The number of piperazine rings is 1. The number of hydrogen-bond donors (Lipinski definition) is 2. The molecule has 3 fully saturated rings. The Labute approximate surface area is 176 Å². The number of benzene rings is 1. The Bertz CT molecular complexity index is 777. The average molecular weight is 419 g/mol. The van der Waals surface area contributed by atoms with E-state index < -0.39 is 0 Å². The van der Waals surface area contributed by atoms with E-state index in [4.69, 9.17) is 4.74 Å². The van der Waals surface area contributed by atoms with Gasteiger partial charge in [-0.05, 0) is 49.8 Å². The molecule has 8 heteroatoms. The quantitative estimate of drug-likeness (QED) is 0.656. The number of nitrogens with zero attached hydrogens (tertiary/aromatic N) is 2. The Kier molecular flexibility index (Phi) is 6.65. The average Bonchev–Trinajstić information content (AvgIpc) is 3.24. The van der Waals surface area contributed by atoms with Gasteiger partial charge in [0.25, 0.3) is 0 Å². The van der Waals surface area contributed by atoms with E-state index in [1.807, 2.05) is 11.0 Å². The van der Waals surface area contributed by atoms with Crippen LogP contribution in [-0.4, -0.2) is 66.7 Å². The third-order valence-corrected chi connectivity index (χ3v) is 6.59. The lowest BCUT2D eigenvalue weighted by molar-refractivity contribution is -0.157. The maximum atomic E-state index is 13.7. The summed E-state index contributed by atoms with van der Waals surface area (Å²) >= 11 is 0. The molecule has 0 aromatic heterocycles. The lowest BCUT2D eigenvalue weighted by Crippen LogP contribution is -2.68. The Morgan fingerprint density at radius 3 is 2.97 bits per heavy atom. The van der Waals surface area contributed by atoms with E-state index in [-0.39, 0.29) is 41.7 Å². The van der Waals surface area contributed by atoms with Gasteiger partial charge in [-0.15, -0.1) is 0 Å². The smallest absolute Gasteiger partial charge is 0.242 e. The van der Waals surface area contributed by atoms with Crippen LogP contribution < -0.4 is 10.7 Å². The largest absolute Gasteiger partial charge is 0.385 e. The molecule has 0 radical (unpaired) electrons. The molecule has 1 saturated carbocycles. The fraction of sp³-hybridized carbons (Fsp3) is 0.636. The number of nitrogens with one attached hydrogen (secondary N) is 2. The van der Waals surface area contributed by atoms with E-state index in [1.165, 1.54) is 12.1 Å². The monoisotopic (exact) mass is 418 g/mol. The maximum Gasteiger partial charge on any atom is 0.242 e. The molecular weight excluding hydrogens is 387 g/mol. The fourth-order valence-electron chi connectivity index (χ4n) is 5.15. The summed E-state index contributed by atoms with van der Waals surface area (Å²) in [6.07, 6.45) is 3.86. The van der Waals surface area contributed by atoms with Crippen LogP contribution in [0.15, 0.2) is 24.3 Å². The number of amides is 2. The molecule has 2 N–H and O–H groups in total. The summed E-state index contributed by atoms with van der Waals surface area (Å²) in [6, 6.07) is 6.39. The van der Waals surface area contributed by atoms with Gasteiger partial charge >= 0.3 is 0 Å². The zero-order valence-corrected chi connectivity index (χ0v) is 17.5. The Balaban J connectivity index is 1.49. The minimum Gasteiger partial charge on any atom is -0.385 e. The summed E-state index contributed by atoms with van der Waals surface area (Å²) in [5.41, 5.74) is 4.17. The third kappa shape index (κ3) is 4.36. The Hall–Kier alpha value is -2.03. The van der Waals surface area contributed by atoms with Gasteiger partial charge in [0.1, 0.15) is 11.9 Å². The number of halogens is 1. The standard InChI is InChI=1S/C22H31FN4O3/c1-30-11-3-9-24-21(28)16-6-7-18-20(13-16)26(14-15-4-2-5-17(23)12-15)22(29)19-8-10-25-27(18)19/h2,4-5,12,16,18-20,25H,3,6-11,13-14H2,1H3,(H,24,28). The molecule has 1 aliphatic carbocycles. The first-order valence-corrected chi connectivity index (χ1v) is 10.9. The molecular formula is C22H31FN4O3.